The van der Waals surface area contributed by atoms with Gasteiger partial charge >= 0.3 is 0 Å². The number of carbonyl (C=O) groups excluding carboxylic acids is 2. The number of ether oxygens (including phenoxy) is 2. The fourth-order valence-electron chi connectivity index (χ4n) is 2.11. The van der Waals surface area contributed by atoms with Crippen LogP contribution in [-0.2, 0) is 16.0 Å². The van der Waals surface area contributed by atoms with Crippen molar-refractivity contribution in [1.29, 1.82) is 0 Å². The number of rotatable bonds is 9. The van der Waals surface area contributed by atoms with Gasteiger partial charge in [-0.3, -0.25) is 9.59 Å². The van der Waals surface area contributed by atoms with Crippen LogP contribution in [0, 0.1) is 0 Å². The van der Waals surface area contributed by atoms with Crippen LogP contribution in [0.4, 0.5) is 0 Å². The van der Waals surface area contributed by atoms with E-state index in [1.165, 1.54) is 0 Å². The monoisotopic (exact) mass is 400 g/mol. The van der Waals surface area contributed by atoms with Crippen LogP contribution in [0.25, 0.3) is 0 Å². The topological polar surface area (TPSA) is 76.7 Å². The van der Waals surface area contributed by atoms with Crippen molar-refractivity contribution in [2.24, 2.45) is 0 Å². The van der Waals surface area contributed by atoms with Crippen molar-refractivity contribution in [3.05, 3.63) is 22.2 Å². The molecule has 24 heavy (non-hydrogen) atoms. The Hall–Kier alpha value is -1.76. The van der Waals surface area contributed by atoms with Crippen LogP contribution in [0.2, 0.25) is 0 Å². The zero-order valence-electron chi connectivity index (χ0n) is 14.6. The Morgan fingerprint density at radius 1 is 1.12 bits per heavy atom. The van der Waals surface area contributed by atoms with Crippen LogP contribution in [-0.4, -0.2) is 37.6 Å². The average molecular weight is 401 g/mol. The van der Waals surface area contributed by atoms with E-state index in [-0.39, 0.29) is 18.2 Å². The second-order valence-electron chi connectivity index (χ2n) is 5.12. The van der Waals surface area contributed by atoms with Crippen molar-refractivity contribution in [1.82, 2.24) is 10.6 Å². The molecule has 0 bridgehead atoms. The first kappa shape index (κ1) is 20.3. The van der Waals surface area contributed by atoms with Crippen LogP contribution < -0.4 is 20.1 Å². The summed E-state index contributed by atoms with van der Waals surface area (Å²) in [6.45, 7) is 8.82. The lowest BCUT2D eigenvalue weighted by Gasteiger charge is -2.16. The molecule has 1 rings (SSSR count). The van der Waals surface area contributed by atoms with Gasteiger partial charge in [0.05, 0.1) is 19.6 Å². The van der Waals surface area contributed by atoms with Crippen LogP contribution in [0.15, 0.2) is 16.6 Å². The van der Waals surface area contributed by atoms with Crippen LogP contribution >= 0.6 is 15.9 Å². The summed E-state index contributed by atoms with van der Waals surface area (Å²) in [7, 11) is 0. The molecular formula is C17H25BrN2O4. The van der Waals surface area contributed by atoms with Crippen molar-refractivity contribution in [3.63, 3.8) is 0 Å². The first-order valence-electron chi connectivity index (χ1n) is 8.07. The van der Waals surface area contributed by atoms with E-state index >= 15 is 0 Å². The van der Waals surface area contributed by atoms with Gasteiger partial charge in [-0.2, -0.15) is 0 Å². The molecule has 1 aromatic rings. The quantitative estimate of drug-likeness (QED) is 0.667. The average Bonchev–Trinajstić information content (AvgIpc) is 2.52. The predicted octanol–water partition coefficient (Wildman–Crippen LogP) is 2.43. The van der Waals surface area contributed by atoms with Crippen LogP contribution in [0.3, 0.4) is 0 Å². The zero-order valence-corrected chi connectivity index (χ0v) is 16.2. The second-order valence-corrected chi connectivity index (χ2v) is 5.97. The Bertz CT molecular complexity index is 578. The van der Waals surface area contributed by atoms with E-state index in [0.717, 1.165) is 10.0 Å². The summed E-state index contributed by atoms with van der Waals surface area (Å²) in [5.74, 6) is 0.792. The van der Waals surface area contributed by atoms with E-state index < -0.39 is 6.04 Å². The van der Waals surface area contributed by atoms with Crippen molar-refractivity contribution in [3.8, 4) is 11.5 Å². The Kier molecular flexibility index (Phi) is 8.60. The van der Waals surface area contributed by atoms with E-state index in [2.05, 4.69) is 26.6 Å². The molecule has 0 unspecified atom stereocenters. The van der Waals surface area contributed by atoms with Gasteiger partial charge in [-0.1, -0.05) is 15.9 Å². The maximum Gasteiger partial charge on any atom is 0.242 e. The van der Waals surface area contributed by atoms with Crippen molar-refractivity contribution in [2.75, 3.05) is 19.8 Å². The van der Waals surface area contributed by atoms with Crippen molar-refractivity contribution in [2.45, 2.75) is 40.2 Å². The minimum atomic E-state index is -0.578. The van der Waals surface area contributed by atoms with Gasteiger partial charge in [0, 0.05) is 11.0 Å². The van der Waals surface area contributed by atoms with Gasteiger partial charge < -0.3 is 20.1 Å². The minimum Gasteiger partial charge on any atom is -0.490 e. The Labute approximate surface area is 151 Å². The highest BCUT2D eigenvalue weighted by Crippen LogP contribution is 2.34. The molecule has 1 atom stereocenters. The molecule has 0 radical (unpaired) electrons. The number of amides is 2. The molecule has 0 aliphatic carbocycles. The van der Waals surface area contributed by atoms with E-state index in [1.807, 2.05) is 20.8 Å². The molecule has 0 heterocycles. The lowest BCUT2D eigenvalue weighted by molar-refractivity contribution is -0.128. The first-order chi connectivity index (χ1) is 11.4. The fraction of sp³-hybridized carbons (Fsp3) is 0.529. The largest absolute Gasteiger partial charge is 0.490 e. The summed E-state index contributed by atoms with van der Waals surface area (Å²) >= 11 is 3.46. The van der Waals surface area contributed by atoms with E-state index in [4.69, 9.17) is 9.47 Å². The third-order valence-corrected chi connectivity index (χ3v) is 3.92. The molecule has 7 heteroatoms. The Balaban J connectivity index is 2.84. The SMILES string of the molecule is CCNC(=O)[C@@H](C)NC(=O)Cc1cc(OCC)c(OCC)cc1Br. The number of carbonyl (C=O) groups is 2. The van der Waals surface area contributed by atoms with Crippen molar-refractivity contribution < 1.29 is 19.1 Å². The number of likely N-dealkylation sites (N-methyl/N-ethyl adjacent to an activating group) is 1. The van der Waals surface area contributed by atoms with Gasteiger partial charge in [-0.15, -0.1) is 0 Å². The molecule has 2 N–H and O–H groups in total. The summed E-state index contributed by atoms with van der Waals surface area (Å²) in [5.41, 5.74) is 0.766. The number of halogens is 1. The van der Waals surface area contributed by atoms with Gasteiger partial charge in [0.2, 0.25) is 11.8 Å². The number of hydrogen-bond acceptors (Lipinski definition) is 4. The van der Waals surface area contributed by atoms with Gasteiger partial charge in [0.1, 0.15) is 6.04 Å². The summed E-state index contributed by atoms with van der Waals surface area (Å²) in [4.78, 5) is 23.9. The summed E-state index contributed by atoms with van der Waals surface area (Å²) in [5, 5.41) is 5.36. The lowest BCUT2D eigenvalue weighted by Crippen LogP contribution is -2.45. The third kappa shape index (κ3) is 6.03. The smallest absolute Gasteiger partial charge is 0.242 e. The Morgan fingerprint density at radius 2 is 1.71 bits per heavy atom. The molecule has 6 nitrogen and oxygen atoms in total. The first-order valence-corrected chi connectivity index (χ1v) is 8.87. The third-order valence-electron chi connectivity index (χ3n) is 3.19. The zero-order chi connectivity index (χ0) is 18.1. The molecule has 134 valence electrons. The molecule has 0 fully saturated rings. The number of nitrogens with one attached hydrogen (secondary N) is 2. The maximum absolute atomic E-state index is 12.2. The molecule has 0 saturated heterocycles. The minimum absolute atomic E-state index is 0.136. The highest BCUT2D eigenvalue weighted by Gasteiger charge is 2.17. The predicted molar refractivity (Wildman–Crippen MR) is 96.5 cm³/mol. The highest BCUT2D eigenvalue weighted by molar-refractivity contribution is 9.10. The normalized spacial score (nSPS) is 11.5. The number of hydrogen-bond donors (Lipinski definition) is 2. The van der Waals surface area contributed by atoms with E-state index in [9.17, 15) is 9.59 Å². The Morgan fingerprint density at radius 3 is 2.25 bits per heavy atom. The molecule has 0 aliphatic rings. The lowest BCUT2D eigenvalue weighted by atomic mass is 10.1. The van der Waals surface area contributed by atoms with Gasteiger partial charge in [0.15, 0.2) is 11.5 Å². The fourth-order valence-corrected chi connectivity index (χ4v) is 2.57. The molecule has 1 aromatic carbocycles. The standard InChI is InChI=1S/C17H25BrN2O4/c1-5-19-17(22)11(4)20-16(21)9-12-8-14(23-6-2)15(24-7-3)10-13(12)18/h8,10-11H,5-7,9H2,1-4H3,(H,19,22)(H,20,21)/t11-/m1/s1. The molecule has 0 saturated carbocycles. The molecule has 0 aliphatic heterocycles. The van der Waals surface area contributed by atoms with Crippen LogP contribution in [0.5, 0.6) is 11.5 Å². The van der Waals surface area contributed by atoms with E-state index in [1.54, 1.807) is 19.1 Å². The summed E-state index contributed by atoms with van der Waals surface area (Å²) in [6.07, 6.45) is 0.136. The van der Waals surface area contributed by atoms with Crippen molar-refractivity contribution >= 4 is 27.7 Å². The molecule has 0 spiro atoms. The maximum atomic E-state index is 12.2. The van der Waals surface area contributed by atoms with Gasteiger partial charge in [-0.05, 0) is 45.4 Å². The molecular weight excluding hydrogens is 376 g/mol. The van der Waals surface area contributed by atoms with Gasteiger partial charge in [-0.25, -0.2) is 0 Å². The van der Waals surface area contributed by atoms with Gasteiger partial charge in [0.25, 0.3) is 0 Å². The summed E-state index contributed by atoms with van der Waals surface area (Å²) in [6, 6.07) is 3.00. The summed E-state index contributed by atoms with van der Waals surface area (Å²) < 4.78 is 11.9. The number of benzene rings is 1. The molecule has 0 aromatic heterocycles. The highest BCUT2D eigenvalue weighted by atomic mass is 79.9. The van der Waals surface area contributed by atoms with E-state index in [0.29, 0.717) is 31.3 Å². The molecule has 2 amide bonds. The second kappa shape index (κ2) is 10.2. The van der Waals surface area contributed by atoms with Crippen LogP contribution in [0.1, 0.15) is 33.3 Å².